The largest absolute Gasteiger partial charge is 0.303 e. The minimum absolute atomic E-state index is 0.609. The van der Waals surface area contributed by atoms with Crippen molar-refractivity contribution in [1.29, 1.82) is 0 Å². The SMILES string of the molecule is CCCCC1=C\C(C2CCCCCN(CCCC)C2)=C/C=C\C=C\C(I)=C/C=C\C=C\C=C1. The molecule has 0 bridgehead atoms. The van der Waals surface area contributed by atoms with E-state index < -0.39 is 0 Å². The third kappa shape index (κ3) is 12.6. The summed E-state index contributed by atoms with van der Waals surface area (Å²) in [6.45, 7) is 8.29. The Morgan fingerprint density at radius 2 is 1.55 bits per heavy atom. The van der Waals surface area contributed by atoms with Gasteiger partial charge in [0.05, 0.1) is 0 Å². The van der Waals surface area contributed by atoms with Crippen molar-refractivity contribution < 1.29 is 0 Å². The standard InChI is InChI=1S/C31H44IN/c1-3-5-18-28-19-12-8-7-9-15-22-31(32)23-16-10-13-20-29(26-28)30-21-14-11-17-25-33(27-30)24-6-4-2/h7-10,12-13,15-16,19-20,22-23,26,30H,3-6,11,14,17-18,21,24-25,27H2,1-2H3/b8-7+,9-7?,12-8?,13-10-,15-9-,16-10?,19-12?,20-13?,22-15?,23-16+,28-19?,28-26?,29-20+,29-26?,31-22+,31-23?. The molecule has 0 aromatic rings. The van der Waals surface area contributed by atoms with Gasteiger partial charge in [0.1, 0.15) is 0 Å². The van der Waals surface area contributed by atoms with Crippen LogP contribution < -0.4 is 0 Å². The maximum absolute atomic E-state index is 2.73. The molecule has 180 valence electrons. The van der Waals surface area contributed by atoms with E-state index in [9.17, 15) is 0 Å². The van der Waals surface area contributed by atoms with Crippen molar-refractivity contribution in [2.45, 2.75) is 71.6 Å². The fourth-order valence-corrected chi connectivity index (χ4v) is 4.72. The van der Waals surface area contributed by atoms with E-state index >= 15 is 0 Å². The number of likely N-dealkylation sites (tertiary alicyclic amines) is 1. The molecule has 0 saturated carbocycles. The lowest BCUT2D eigenvalue weighted by Crippen LogP contribution is -2.33. The van der Waals surface area contributed by atoms with Crippen LogP contribution >= 0.6 is 22.6 Å². The van der Waals surface area contributed by atoms with Crippen LogP contribution in [0.5, 0.6) is 0 Å². The Morgan fingerprint density at radius 3 is 2.39 bits per heavy atom. The van der Waals surface area contributed by atoms with Crippen molar-refractivity contribution in [1.82, 2.24) is 4.90 Å². The number of halogens is 1. The van der Waals surface area contributed by atoms with Gasteiger partial charge >= 0.3 is 0 Å². The Balaban J connectivity index is 2.38. The van der Waals surface area contributed by atoms with Crippen LogP contribution in [0.15, 0.2) is 93.7 Å². The molecule has 1 unspecified atom stereocenters. The minimum Gasteiger partial charge on any atom is -0.303 e. The highest BCUT2D eigenvalue weighted by Gasteiger charge is 2.19. The molecule has 1 heterocycles. The molecule has 33 heavy (non-hydrogen) atoms. The van der Waals surface area contributed by atoms with E-state index in [0.29, 0.717) is 5.92 Å². The molecule has 1 atom stereocenters. The van der Waals surface area contributed by atoms with Gasteiger partial charge < -0.3 is 4.90 Å². The molecule has 2 rings (SSSR count). The molecule has 1 nitrogen and oxygen atoms in total. The number of nitrogens with zero attached hydrogens (tertiary/aromatic N) is 1. The maximum Gasteiger partial charge on any atom is 0.0130 e. The van der Waals surface area contributed by atoms with Gasteiger partial charge in [0.2, 0.25) is 0 Å². The Morgan fingerprint density at radius 1 is 0.818 bits per heavy atom. The summed E-state index contributed by atoms with van der Waals surface area (Å²) < 4.78 is 1.22. The second-order valence-electron chi connectivity index (χ2n) is 9.11. The van der Waals surface area contributed by atoms with Gasteiger partial charge in [-0.15, -0.1) is 0 Å². The smallest absolute Gasteiger partial charge is 0.0130 e. The van der Waals surface area contributed by atoms with E-state index in [2.05, 4.69) is 120 Å². The number of unbranched alkanes of at least 4 members (excludes halogenated alkanes) is 2. The van der Waals surface area contributed by atoms with E-state index in [-0.39, 0.29) is 0 Å². The van der Waals surface area contributed by atoms with Crippen molar-refractivity contribution >= 4 is 22.6 Å². The van der Waals surface area contributed by atoms with Crippen molar-refractivity contribution in [3.63, 3.8) is 0 Å². The lowest BCUT2D eigenvalue weighted by Gasteiger charge is -2.31. The molecule has 0 N–H and O–H groups in total. The fourth-order valence-electron chi connectivity index (χ4n) is 4.31. The molecule has 1 aliphatic carbocycles. The second kappa shape index (κ2) is 18.0. The highest BCUT2D eigenvalue weighted by atomic mass is 127. The van der Waals surface area contributed by atoms with Crippen LogP contribution in [-0.2, 0) is 0 Å². The van der Waals surface area contributed by atoms with Crippen molar-refractivity contribution in [2.24, 2.45) is 5.92 Å². The van der Waals surface area contributed by atoms with Crippen LogP contribution in [0.1, 0.15) is 71.6 Å². The van der Waals surface area contributed by atoms with E-state index in [1.807, 2.05) is 0 Å². The van der Waals surface area contributed by atoms with Gasteiger partial charge in [0, 0.05) is 10.1 Å². The Kier molecular flexibility index (Phi) is 15.2. The molecular weight excluding hydrogens is 513 g/mol. The zero-order chi connectivity index (χ0) is 23.6. The molecule has 0 spiro atoms. The first kappa shape index (κ1) is 27.9. The number of hydrogen-bond donors (Lipinski definition) is 0. The van der Waals surface area contributed by atoms with Gasteiger partial charge in [-0.2, -0.15) is 0 Å². The molecule has 0 aromatic heterocycles. The zero-order valence-electron chi connectivity index (χ0n) is 20.9. The molecule has 0 radical (unpaired) electrons. The lowest BCUT2D eigenvalue weighted by molar-refractivity contribution is 0.215. The Bertz CT molecular complexity index is 786. The topological polar surface area (TPSA) is 3.24 Å². The Hall–Kier alpha value is -1.39. The normalized spacial score (nSPS) is 28.3. The number of hydrogen-bond acceptors (Lipinski definition) is 1. The molecular formula is C31H44IN. The van der Waals surface area contributed by atoms with Crippen LogP contribution in [0.3, 0.4) is 0 Å². The van der Waals surface area contributed by atoms with E-state index in [0.717, 1.165) is 6.42 Å². The summed E-state index contributed by atoms with van der Waals surface area (Å²) in [6, 6.07) is 0. The third-order valence-corrected chi connectivity index (χ3v) is 6.97. The van der Waals surface area contributed by atoms with Crippen LogP contribution in [0, 0.1) is 5.92 Å². The van der Waals surface area contributed by atoms with Crippen LogP contribution in [-0.4, -0.2) is 24.5 Å². The van der Waals surface area contributed by atoms with Gasteiger partial charge in [-0.25, -0.2) is 0 Å². The minimum atomic E-state index is 0.609. The molecule has 2 heteroatoms. The first-order valence-corrected chi connectivity index (χ1v) is 14.2. The molecule has 0 aromatic carbocycles. The Labute approximate surface area is 217 Å². The highest BCUT2D eigenvalue weighted by molar-refractivity contribution is 14.1. The third-order valence-electron chi connectivity index (χ3n) is 6.25. The van der Waals surface area contributed by atoms with Gasteiger partial charge in [-0.05, 0) is 97.0 Å². The summed E-state index contributed by atoms with van der Waals surface area (Å²) in [5.74, 6) is 0.609. The van der Waals surface area contributed by atoms with Gasteiger partial charge in [-0.3, -0.25) is 0 Å². The average Bonchev–Trinajstić information content (AvgIpc) is 2.79. The van der Waals surface area contributed by atoms with Crippen molar-refractivity contribution in [3.05, 3.63) is 93.7 Å². The molecule has 1 aliphatic heterocycles. The number of rotatable bonds is 7. The molecule has 1 fully saturated rings. The van der Waals surface area contributed by atoms with E-state index in [1.165, 1.54) is 85.7 Å². The van der Waals surface area contributed by atoms with Gasteiger partial charge in [0.25, 0.3) is 0 Å². The zero-order valence-corrected chi connectivity index (χ0v) is 23.1. The summed E-state index contributed by atoms with van der Waals surface area (Å²) >= 11 is 2.38. The predicted molar refractivity (Wildman–Crippen MR) is 157 cm³/mol. The first-order chi connectivity index (χ1) is 16.2. The summed E-state index contributed by atoms with van der Waals surface area (Å²) in [4.78, 5) is 2.73. The lowest BCUT2D eigenvalue weighted by atomic mass is 9.88. The monoisotopic (exact) mass is 557 g/mol. The quantitative estimate of drug-likeness (QED) is 0.282. The summed E-state index contributed by atoms with van der Waals surface area (Å²) in [5.41, 5.74) is 2.95. The maximum atomic E-state index is 2.73. The van der Waals surface area contributed by atoms with Crippen molar-refractivity contribution in [2.75, 3.05) is 19.6 Å². The molecule has 0 amide bonds. The first-order valence-electron chi connectivity index (χ1n) is 13.1. The van der Waals surface area contributed by atoms with Crippen LogP contribution in [0.2, 0.25) is 0 Å². The van der Waals surface area contributed by atoms with Crippen LogP contribution in [0.4, 0.5) is 0 Å². The number of allylic oxidation sites excluding steroid dienone is 15. The van der Waals surface area contributed by atoms with Crippen LogP contribution in [0.25, 0.3) is 0 Å². The van der Waals surface area contributed by atoms with E-state index in [1.54, 1.807) is 0 Å². The average molecular weight is 558 g/mol. The molecule has 1 saturated heterocycles. The van der Waals surface area contributed by atoms with E-state index in [4.69, 9.17) is 0 Å². The summed E-state index contributed by atoms with van der Waals surface area (Å²) in [7, 11) is 0. The summed E-state index contributed by atoms with van der Waals surface area (Å²) in [6.07, 6.45) is 40.3. The van der Waals surface area contributed by atoms with Gasteiger partial charge in [0.15, 0.2) is 0 Å². The fraction of sp³-hybridized carbons (Fsp3) is 0.484. The second-order valence-corrected chi connectivity index (χ2v) is 10.4. The van der Waals surface area contributed by atoms with Crippen molar-refractivity contribution in [3.8, 4) is 0 Å². The van der Waals surface area contributed by atoms with Gasteiger partial charge in [-0.1, -0.05) is 106 Å². The predicted octanol–water partition coefficient (Wildman–Crippen LogP) is 9.44. The summed E-state index contributed by atoms with van der Waals surface area (Å²) in [5, 5.41) is 0. The molecule has 2 aliphatic rings. The highest BCUT2D eigenvalue weighted by Crippen LogP contribution is 2.27.